The zero-order valence-corrected chi connectivity index (χ0v) is 14.3. The van der Waals surface area contributed by atoms with Crippen LogP contribution in [0.2, 0.25) is 0 Å². The minimum atomic E-state index is -0.490. The minimum Gasteiger partial charge on any atom is -0.337 e. The van der Waals surface area contributed by atoms with Crippen molar-refractivity contribution in [3.8, 4) is 11.4 Å². The van der Waals surface area contributed by atoms with Gasteiger partial charge in [-0.05, 0) is 25.0 Å². The van der Waals surface area contributed by atoms with Crippen molar-refractivity contribution >= 4 is 11.6 Å². The third-order valence-corrected chi connectivity index (χ3v) is 4.60. The first-order chi connectivity index (χ1) is 13.1. The fraction of sp³-hybridized carbons (Fsp3) is 0.211. The van der Waals surface area contributed by atoms with Gasteiger partial charge in [-0.1, -0.05) is 35.5 Å². The average molecular weight is 364 g/mol. The summed E-state index contributed by atoms with van der Waals surface area (Å²) in [7, 11) is 0. The molecule has 0 N–H and O–H groups in total. The van der Waals surface area contributed by atoms with E-state index in [-0.39, 0.29) is 17.6 Å². The molecule has 1 unspecified atom stereocenters. The molecule has 3 aromatic rings. The average Bonchev–Trinajstić information content (AvgIpc) is 3.37. The number of likely N-dealkylation sites (tertiary alicyclic amines) is 1. The number of aromatic nitrogens is 2. The maximum Gasteiger partial charge on any atom is 0.269 e. The Bertz CT molecular complexity index is 969. The van der Waals surface area contributed by atoms with Crippen LogP contribution >= 0.6 is 0 Å². The molecule has 27 heavy (non-hydrogen) atoms. The Morgan fingerprint density at radius 2 is 1.89 bits per heavy atom. The van der Waals surface area contributed by atoms with E-state index in [0.717, 1.165) is 18.4 Å². The Kier molecular flexibility index (Phi) is 4.37. The molecule has 1 aliphatic rings. The molecule has 1 saturated heterocycles. The highest BCUT2D eigenvalue weighted by molar-refractivity contribution is 5.94. The van der Waals surface area contributed by atoms with E-state index >= 15 is 0 Å². The number of nitro benzene ring substituents is 1. The second-order valence-corrected chi connectivity index (χ2v) is 6.28. The fourth-order valence-electron chi connectivity index (χ4n) is 3.23. The molecule has 1 amide bonds. The van der Waals surface area contributed by atoms with Crippen LogP contribution in [-0.4, -0.2) is 32.4 Å². The SMILES string of the molecule is O=C(c1ccc([N+](=O)[O-])cc1)N1CCCC1c1nc(-c2ccccc2)no1. The molecule has 8 heteroatoms. The number of hydrogen-bond acceptors (Lipinski definition) is 6. The molecule has 4 rings (SSSR count). The van der Waals surface area contributed by atoms with Gasteiger partial charge in [0.25, 0.3) is 11.6 Å². The van der Waals surface area contributed by atoms with Crippen LogP contribution < -0.4 is 0 Å². The van der Waals surface area contributed by atoms with Gasteiger partial charge in [0.15, 0.2) is 0 Å². The van der Waals surface area contributed by atoms with Gasteiger partial charge in [-0.3, -0.25) is 14.9 Å². The summed E-state index contributed by atoms with van der Waals surface area (Å²) >= 11 is 0. The molecule has 2 heterocycles. The summed E-state index contributed by atoms with van der Waals surface area (Å²) in [5.74, 6) is 0.689. The van der Waals surface area contributed by atoms with Gasteiger partial charge < -0.3 is 9.42 Å². The van der Waals surface area contributed by atoms with Gasteiger partial charge in [0.05, 0.1) is 4.92 Å². The van der Waals surface area contributed by atoms with Crippen LogP contribution in [0.3, 0.4) is 0 Å². The maximum atomic E-state index is 12.9. The molecule has 8 nitrogen and oxygen atoms in total. The Morgan fingerprint density at radius 3 is 2.59 bits per heavy atom. The van der Waals surface area contributed by atoms with E-state index in [1.165, 1.54) is 24.3 Å². The number of carbonyl (C=O) groups excluding carboxylic acids is 1. The van der Waals surface area contributed by atoms with Crippen molar-refractivity contribution < 1.29 is 14.2 Å². The third-order valence-electron chi connectivity index (χ3n) is 4.60. The predicted molar refractivity (Wildman–Crippen MR) is 95.8 cm³/mol. The fourth-order valence-corrected chi connectivity index (χ4v) is 3.23. The largest absolute Gasteiger partial charge is 0.337 e. The lowest BCUT2D eigenvalue weighted by atomic mass is 10.1. The van der Waals surface area contributed by atoms with Crippen LogP contribution in [0, 0.1) is 10.1 Å². The summed E-state index contributed by atoms with van der Waals surface area (Å²) in [4.78, 5) is 29.3. The topological polar surface area (TPSA) is 102 Å². The standard InChI is InChI=1S/C19H16N4O4/c24-19(14-8-10-15(11-9-14)23(25)26)22-12-4-7-16(22)18-20-17(21-27-18)13-5-2-1-3-6-13/h1-3,5-6,8-11,16H,4,7,12H2. The molecular weight excluding hydrogens is 348 g/mol. The number of non-ortho nitro benzene ring substituents is 1. The number of carbonyl (C=O) groups is 1. The summed E-state index contributed by atoms with van der Waals surface area (Å²) in [6, 6.07) is 14.8. The van der Waals surface area contributed by atoms with Crippen LogP contribution in [0.4, 0.5) is 5.69 Å². The summed E-state index contributed by atoms with van der Waals surface area (Å²) < 4.78 is 5.43. The van der Waals surface area contributed by atoms with Crippen LogP contribution in [0.1, 0.15) is 35.1 Å². The molecule has 1 aliphatic heterocycles. The first kappa shape index (κ1) is 16.9. The van der Waals surface area contributed by atoms with Crippen molar-refractivity contribution in [2.75, 3.05) is 6.54 Å². The van der Waals surface area contributed by atoms with Crippen molar-refractivity contribution in [1.82, 2.24) is 15.0 Å². The van der Waals surface area contributed by atoms with Gasteiger partial charge in [0.1, 0.15) is 6.04 Å². The Balaban J connectivity index is 1.56. The van der Waals surface area contributed by atoms with Crippen molar-refractivity contribution in [1.29, 1.82) is 0 Å². The maximum absolute atomic E-state index is 12.9. The lowest BCUT2D eigenvalue weighted by Gasteiger charge is -2.21. The molecular formula is C19H16N4O4. The molecule has 136 valence electrons. The van der Waals surface area contributed by atoms with Crippen LogP contribution in [-0.2, 0) is 0 Å². The summed E-state index contributed by atoms with van der Waals surface area (Å²) in [6.07, 6.45) is 1.56. The Labute approximate surface area is 154 Å². The lowest BCUT2D eigenvalue weighted by Crippen LogP contribution is -2.30. The monoisotopic (exact) mass is 364 g/mol. The van der Waals surface area contributed by atoms with Crippen molar-refractivity contribution in [2.45, 2.75) is 18.9 Å². The molecule has 2 aromatic carbocycles. The number of nitro groups is 1. The molecule has 0 aliphatic carbocycles. The number of hydrogen-bond donors (Lipinski definition) is 0. The number of amides is 1. The quantitative estimate of drug-likeness (QED) is 0.517. The Morgan fingerprint density at radius 1 is 1.15 bits per heavy atom. The number of benzene rings is 2. The highest BCUT2D eigenvalue weighted by atomic mass is 16.6. The molecule has 1 fully saturated rings. The molecule has 0 bridgehead atoms. The van der Waals surface area contributed by atoms with E-state index in [1.807, 2.05) is 30.3 Å². The number of nitrogens with zero attached hydrogens (tertiary/aromatic N) is 4. The molecule has 0 saturated carbocycles. The normalized spacial score (nSPS) is 16.4. The molecule has 1 aromatic heterocycles. The van der Waals surface area contributed by atoms with E-state index in [1.54, 1.807) is 4.90 Å². The first-order valence-corrected chi connectivity index (χ1v) is 8.58. The second kappa shape index (κ2) is 6.99. The van der Waals surface area contributed by atoms with E-state index in [2.05, 4.69) is 10.1 Å². The van der Waals surface area contributed by atoms with Gasteiger partial charge in [0.2, 0.25) is 11.7 Å². The van der Waals surface area contributed by atoms with Gasteiger partial charge >= 0.3 is 0 Å². The summed E-state index contributed by atoms with van der Waals surface area (Å²) in [5, 5.41) is 14.8. The highest BCUT2D eigenvalue weighted by Gasteiger charge is 2.34. The van der Waals surface area contributed by atoms with Crippen LogP contribution in [0.15, 0.2) is 59.1 Å². The summed E-state index contributed by atoms with van der Waals surface area (Å²) in [6.45, 7) is 0.573. The minimum absolute atomic E-state index is 0.0473. The Hall–Kier alpha value is -3.55. The predicted octanol–water partition coefficient (Wildman–Crippen LogP) is 3.62. The smallest absolute Gasteiger partial charge is 0.269 e. The van der Waals surface area contributed by atoms with E-state index in [9.17, 15) is 14.9 Å². The second-order valence-electron chi connectivity index (χ2n) is 6.28. The van der Waals surface area contributed by atoms with Crippen LogP contribution in [0.5, 0.6) is 0 Å². The first-order valence-electron chi connectivity index (χ1n) is 8.58. The van der Waals surface area contributed by atoms with E-state index in [0.29, 0.717) is 23.8 Å². The zero-order chi connectivity index (χ0) is 18.8. The van der Waals surface area contributed by atoms with Gasteiger partial charge in [-0.15, -0.1) is 0 Å². The molecule has 1 atom stereocenters. The summed E-state index contributed by atoms with van der Waals surface area (Å²) in [5.41, 5.74) is 1.20. The third kappa shape index (κ3) is 3.29. The lowest BCUT2D eigenvalue weighted by molar-refractivity contribution is -0.384. The molecule has 0 spiro atoms. The van der Waals surface area contributed by atoms with E-state index < -0.39 is 4.92 Å². The van der Waals surface area contributed by atoms with E-state index in [4.69, 9.17) is 4.52 Å². The van der Waals surface area contributed by atoms with Crippen molar-refractivity contribution in [2.24, 2.45) is 0 Å². The van der Waals surface area contributed by atoms with Crippen LogP contribution in [0.25, 0.3) is 11.4 Å². The van der Waals surface area contributed by atoms with Gasteiger partial charge in [0, 0.05) is 29.8 Å². The van der Waals surface area contributed by atoms with Crippen molar-refractivity contribution in [3.05, 3.63) is 76.2 Å². The van der Waals surface area contributed by atoms with Gasteiger partial charge in [-0.2, -0.15) is 4.98 Å². The number of rotatable bonds is 4. The molecule has 0 radical (unpaired) electrons. The van der Waals surface area contributed by atoms with Gasteiger partial charge in [-0.25, -0.2) is 0 Å². The highest BCUT2D eigenvalue weighted by Crippen LogP contribution is 2.33. The van der Waals surface area contributed by atoms with Crippen molar-refractivity contribution in [3.63, 3.8) is 0 Å². The zero-order valence-electron chi connectivity index (χ0n) is 14.3.